The van der Waals surface area contributed by atoms with Crippen LogP contribution in [0.15, 0.2) is 40.9 Å². The summed E-state index contributed by atoms with van der Waals surface area (Å²) in [5.74, 6) is 1.17. The SMILES string of the molecule is CC1=C=C(OCC(C)C)C=CC(C=O)=C1. The van der Waals surface area contributed by atoms with Gasteiger partial charge in [0.15, 0.2) is 5.76 Å². The summed E-state index contributed by atoms with van der Waals surface area (Å²) < 4.78 is 5.54. The van der Waals surface area contributed by atoms with Gasteiger partial charge in [0.05, 0.1) is 6.61 Å². The largest absolute Gasteiger partial charge is 0.486 e. The summed E-state index contributed by atoms with van der Waals surface area (Å²) in [5, 5.41) is 0. The molecule has 0 bridgehead atoms. The Labute approximate surface area is 90.6 Å². The van der Waals surface area contributed by atoms with Crippen LogP contribution in [0, 0.1) is 5.92 Å². The second kappa shape index (κ2) is 5.38. The van der Waals surface area contributed by atoms with Crippen LogP contribution in [0.4, 0.5) is 0 Å². The number of hydrogen-bond acceptors (Lipinski definition) is 2. The van der Waals surface area contributed by atoms with Gasteiger partial charge in [-0.05, 0) is 36.6 Å². The minimum Gasteiger partial charge on any atom is -0.486 e. The van der Waals surface area contributed by atoms with Crippen LogP contribution in [0.1, 0.15) is 20.8 Å². The lowest BCUT2D eigenvalue weighted by Gasteiger charge is -2.06. The van der Waals surface area contributed by atoms with Gasteiger partial charge in [-0.1, -0.05) is 19.6 Å². The van der Waals surface area contributed by atoms with Crippen LogP contribution >= 0.6 is 0 Å². The second-order valence-electron chi connectivity index (χ2n) is 3.97. The van der Waals surface area contributed by atoms with E-state index in [1.165, 1.54) is 0 Å². The average molecular weight is 204 g/mol. The van der Waals surface area contributed by atoms with Gasteiger partial charge in [-0.3, -0.25) is 4.79 Å². The van der Waals surface area contributed by atoms with Crippen LogP contribution in [-0.2, 0) is 9.53 Å². The molecule has 0 aromatic rings. The first-order valence-corrected chi connectivity index (χ1v) is 5.07. The molecule has 15 heavy (non-hydrogen) atoms. The third-order valence-electron chi connectivity index (χ3n) is 1.84. The Morgan fingerprint density at radius 3 is 2.80 bits per heavy atom. The number of ether oxygens (including phenoxy) is 1. The Hall–Kier alpha value is -1.53. The van der Waals surface area contributed by atoms with Crippen molar-refractivity contribution in [2.24, 2.45) is 5.92 Å². The van der Waals surface area contributed by atoms with Crippen molar-refractivity contribution in [1.29, 1.82) is 0 Å². The number of allylic oxidation sites excluding steroid dienone is 4. The fraction of sp³-hybridized carbons (Fsp3) is 0.385. The van der Waals surface area contributed by atoms with E-state index >= 15 is 0 Å². The normalized spacial score (nSPS) is 15.3. The fourth-order valence-electron chi connectivity index (χ4n) is 1.16. The van der Waals surface area contributed by atoms with Gasteiger partial charge in [0, 0.05) is 5.57 Å². The van der Waals surface area contributed by atoms with E-state index in [-0.39, 0.29) is 0 Å². The molecular weight excluding hydrogens is 188 g/mol. The van der Waals surface area contributed by atoms with Crippen molar-refractivity contribution in [3.63, 3.8) is 0 Å². The summed E-state index contributed by atoms with van der Waals surface area (Å²) in [7, 11) is 0. The molecule has 0 aliphatic heterocycles. The van der Waals surface area contributed by atoms with Gasteiger partial charge in [0.25, 0.3) is 0 Å². The van der Waals surface area contributed by atoms with Gasteiger partial charge in [0.1, 0.15) is 6.29 Å². The standard InChI is InChI=1S/C13H16O2/c1-10(2)9-15-13-5-4-12(8-14)6-11(3)7-13/h4-6,8,10H,9H2,1-3H3. The van der Waals surface area contributed by atoms with Gasteiger partial charge in [0.2, 0.25) is 0 Å². The first kappa shape index (κ1) is 11.5. The molecule has 0 aromatic heterocycles. The molecule has 0 heterocycles. The lowest BCUT2D eigenvalue weighted by atomic mass is 10.2. The smallest absolute Gasteiger partial charge is 0.162 e. The number of carbonyl (C=O) groups excluding carboxylic acids is 1. The van der Waals surface area contributed by atoms with Crippen LogP contribution in [-0.4, -0.2) is 12.9 Å². The molecule has 0 N–H and O–H groups in total. The highest BCUT2D eigenvalue weighted by Gasteiger charge is 2.00. The minimum atomic E-state index is 0.481. The molecule has 1 aliphatic carbocycles. The zero-order valence-electron chi connectivity index (χ0n) is 9.41. The Bertz CT molecular complexity index is 364. The third kappa shape index (κ3) is 4.01. The van der Waals surface area contributed by atoms with Crippen LogP contribution in [0.25, 0.3) is 0 Å². The summed E-state index contributed by atoms with van der Waals surface area (Å²) in [6, 6.07) is 0. The van der Waals surface area contributed by atoms with E-state index in [0.717, 1.165) is 11.9 Å². The van der Waals surface area contributed by atoms with Gasteiger partial charge in [-0.2, -0.15) is 0 Å². The number of carbonyl (C=O) groups is 1. The molecule has 0 atom stereocenters. The van der Waals surface area contributed by atoms with Crippen molar-refractivity contribution in [3.8, 4) is 0 Å². The number of aldehydes is 1. The predicted octanol–water partition coefficient (Wildman–Crippen LogP) is 2.78. The molecule has 0 saturated heterocycles. The maximum Gasteiger partial charge on any atom is 0.162 e. The average Bonchev–Trinajstić information content (AvgIpc) is 2.36. The number of rotatable bonds is 4. The molecule has 0 unspecified atom stereocenters. The Balaban J connectivity index is 2.77. The van der Waals surface area contributed by atoms with E-state index in [1.54, 1.807) is 18.2 Å². The molecule has 0 saturated carbocycles. The summed E-state index contributed by atoms with van der Waals surface area (Å²) >= 11 is 0. The van der Waals surface area contributed by atoms with Crippen molar-refractivity contribution in [2.45, 2.75) is 20.8 Å². The highest BCUT2D eigenvalue weighted by molar-refractivity contribution is 5.78. The van der Waals surface area contributed by atoms with E-state index in [9.17, 15) is 4.79 Å². The first-order chi connectivity index (χ1) is 7.11. The molecule has 2 heteroatoms. The van der Waals surface area contributed by atoms with Gasteiger partial charge in [-0.25, -0.2) is 0 Å². The zero-order valence-corrected chi connectivity index (χ0v) is 9.41. The van der Waals surface area contributed by atoms with Crippen molar-refractivity contribution in [1.82, 2.24) is 0 Å². The highest BCUT2D eigenvalue weighted by atomic mass is 16.5. The van der Waals surface area contributed by atoms with Crippen LogP contribution < -0.4 is 0 Å². The third-order valence-corrected chi connectivity index (χ3v) is 1.84. The molecule has 80 valence electrons. The van der Waals surface area contributed by atoms with Crippen molar-refractivity contribution in [2.75, 3.05) is 6.61 Å². The fourth-order valence-corrected chi connectivity index (χ4v) is 1.16. The van der Waals surface area contributed by atoms with Crippen molar-refractivity contribution >= 4 is 6.29 Å². The summed E-state index contributed by atoms with van der Waals surface area (Å²) in [4.78, 5) is 10.6. The summed E-state index contributed by atoms with van der Waals surface area (Å²) in [5.41, 5.74) is 4.63. The minimum absolute atomic E-state index is 0.481. The molecule has 1 rings (SSSR count). The van der Waals surface area contributed by atoms with Crippen LogP contribution in [0.2, 0.25) is 0 Å². The molecule has 0 amide bonds. The molecule has 1 aliphatic rings. The Morgan fingerprint density at radius 2 is 2.20 bits per heavy atom. The van der Waals surface area contributed by atoms with E-state index in [4.69, 9.17) is 4.74 Å². The van der Waals surface area contributed by atoms with Gasteiger partial charge >= 0.3 is 0 Å². The van der Waals surface area contributed by atoms with E-state index in [1.807, 2.05) is 6.92 Å². The number of hydrogen-bond donors (Lipinski definition) is 0. The molecular formula is C13H16O2. The van der Waals surface area contributed by atoms with Crippen molar-refractivity contribution < 1.29 is 9.53 Å². The van der Waals surface area contributed by atoms with E-state index in [2.05, 4.69) is 19.6 Å². The second-order valence-corrected chi connectivity index (χ2v) is 3.97. The summed E-state index contributed by atoms with van der Waals surface area (Å²) in [6.45, 7) is 6.74. The lowest BCUT2D eigenvalue weighted by molar-refractivity contribution is -0.104. The quantitative estimate of drug-likeness (QED) is 0.520. The maximum atomic E-state index is 10.6. The lowest BCUT2D eigenvalue weighted by Crippen LogP contribution is -2.00. The maximum absolute atomic E-state index is 10.6. The van der Waals surface area contributed by atoms with Gasteiger partial charge < -0.3 is 4.74 Å². The topological polar surface area (TPSA) is 26.3 Å². The first-order valence-electron chi connectivity index (χ1n) is 5.07. The zero-order chi connectivity index (χ0) is 11.3. The van der Waals surface area contributed by atoms with Gasteiger partial charge in [-0.15, -0.1) is 0 Å². The molecule has 2 nitrogen and oxygen atoms in total. The molecule has 0 spiro atoms. The van der Waals surface area contributed by atoms with E-state index in [0.29, 0.717) is 23.9 Å². The Morgan fingerprint density at radius 1 is 1.47 bits per heavy atom. The summed E-state index contributed by atoms with van der Waals surface area (Å²) in [6.07, 6.45) is 6.13. The Kier molecular flexibility index (Phi) is 4.14. The monoisotopic (exact) mass is 204 g/mol. The van der Waals surface area contributed by atoms with E-state index < -0.39 is 0 Å². The van der Waals surface area contributed by atoms with Crippen LogP contribution in [0.5, 0.6) is 0 Å². The highest BCUT2D eigenvalue weighted by Crippen LogP contribution is 2.11. The molecule has 0 fully saturated rings. The molecule has 0 aromatic carbocycles. The van der Waals surface area contributed by atoms with Crippen LogP contribution in [0.3, 0.4) is 0 Å². The van der Waals surface area contributed by atoms with Crippen molar-refractivity contribution in [3.05, 3.63) is 40.9 Å². The predicted molar refractivity (Wildman–Crippen MR) is 60.3 cm³/mol. The molecule has 0 radical (unpaired) electrons.